The fourth-order valence-electron chi connectivity index (χ4n) is 4.78. The van der Waals surface area contributed by atoms with E-state index in [1.165, 1.54) is 11.1 Å². The minimum absolute atomic E-state index is 0.0364. The standard InChI is InChI=1S/C21H26N2O3/c1-14-2-4-15(5-3-14)13-22-8-10-23(11-9-22)20(24)18-16-6-7-17(12-16)19(18)21(25)26/h2-7,16-19H,8-13H2,1H3,(H,25,26)/t16-,17-,18+,19-/m0/s1. The number of hydrogen-bond donors (Lipinski definition) is 1. The number of rotatable bonds is 4. The molecule has 1 amide bonds. The number of aliphatic carboxylic acids is 1. The van der Waals surface area contributed by atoms with E-state index in [-0.39, 0.29) is 23.7 Å². The Hall–Kier alpha value is -2.14. The molecule has 2 bridgehead atoms. The summed E-state index contributed by atoms with van der Waals surface area (Å²) >= 11 is 0. The van der Waals surface area contributed by atoms with Crippen molar-refractivity contribution in [2.24, 2.45) is 23.7 Å². The lowest BCUT2D eigenvalue weighted by Gasteiger charge is -2.37. The average molecular weight is 354 g/mol. The van der Waals surface area contributed by atoms with Crippen LogP contribution in [0.25, 0.3) is 0 Å². The van der Waals surface area contributed by atoms with Crippen LogP contribution in [0.2, 0.25) is 0 Å². The summed E-state index contributed by atoms with van der Waals surface area (Å²) in [7, 11) is 0. The molecule has 138 valence electrons. The molecule has 1 aliphatic heterocycles. The SMILES string of the molecule is Cc1ccc(CN2CCN(C(=O)[C@H]3[C@@H](C(=O)O)[C@H]4C=C[C@H]3C4)CC2)cc1. The number of aryl methyl sites for hydroxylation is 1. The van der Waals surface area contributed by atoms with E-state index in [0.717, 1.165) is 26.1 Å². The zero-order valence-corrected chi connectivity index (χ0v) is 15.2. The molecule has 0 aromatic heterocycles. The van der Waals surface area contributed by atoms with Crippen LogP contribution in [-0.4, -0.2) is 53.0 Å². The summed E-state index contributed by atoms with van der Waals surface area (Å²) in [6, 6.07) is 8.57. The van der Waals surface area contributed by atoms with Crippen molar-refractivity contribution in [1.82, 2.24) is 9.80 Å². The van der Waals surface area contributed by atoms with Crippen LogP contribution in [-0.2, 0) is 16.1 Å². The van der Waals surface area contributed by atoms with Gasteiger partial charge in [0, 0.05) is 32.7 Å². The smallest absolute Gasteiger partial charge is 0.307 e. The summed E-state index contributed by atoms with van der Waals surface area (Å²) in [5.41, 5.74) is 2.55. The summed E-state index contributed by atoms with van der Waals surface area (Å²) in [6.07, 6.45) is 4.87. The molecule has 0 unspecified atom stereocenters. The molecule has 1 saturated carbocycles. The molecule has 4 atom stereocenters. The van der Waals surface area contributed by atoms with Gasteiger partial charge in [0.2, 0.25) is 5.91 Å². The molecule has 1 N–H and O–H groups in total. The lowest BCUT2D eigenvalue weighted by molar-refractivity contribution is -0.151. The van der Waals surface area contributed by atoms with Crippen molar-refractivity contribution in [1.29, 1.82) is 0 Å². The molecule has 3 aliphatic rings. The van der Waals surface area contributed by atoms with Crippen molar-refractivity contribution in [3.05, 3.63) is 47.5 Å². The Bertz CT molecular complexity index is 719. The Balaban J connectivity index is 1.36. The molecule has 1 saturated heterocycles. The fourth-order valence-corrected chi connectivity index (χ4v) is 4.78. The second-order valence-corrected chi connectivity index (χ2v) is 7.93. The number of carboxylic acids is 1. The number of allylic oxidation sites excluding steroid dienone is 2. The predicted molar refractivity (Wildman–Crippen MR) is 98.4 cm³/mol. The van der Waals surface area contributed by atoms with Crippen LogP contribution in [0.3, 0.4) is 0 Å². The summed E-state index contributed by atoms with van der Waals surface area (Å²) in [5, 5.41) is 9.57. The van der Waals surface area contributed by atoms with Gasteiger partial charge in [0.1, 0.15) is 0 Å². The van der Waals surface area contributed by atoms with Crippen LogP contribution in [0, 0.1) is 30.6 Å². The summed E-state index contributed by atoms with van der Waals surface area (Å²) in [4.78, 5) is 28.9. The number of hydrogen-bond acceptors (Lipinski definition) is 3. The van der Waals surface area contributed by atoms with Crippen molar-refractivity contribution in [2.45, 2.75) is 19.9 Å². The minimum atomic E-state index is -0.821. The van der Waals surface area contributed by atoms with Gasteiger partial charge in [0.05, 0.1) is 11.8 Å². The maximum Gasteiger partial charge on any atom is 0.307 e. The Morgan fingerprint density at radius 3 is 2.23 bits per heavy atom. The number of benzene rings is 1. The van der Waals surface area contributed by atoms with Gasteiger partial charge in [-0.3, -0.25) is 14.5 Å². The van der Waals surface area contributed by atoms with Crippen LogP contribution in [0.4, 0.5) is 0 Å². The van der Waals surface area contributed by atoms with Gasteiger partial charge in [-0.1, -0.05) is 42.0 Å². The first kappa shape index (κ1) is 17.3. The lowest BCUT2D eigenvalue weighted by Crippen LogP contribution is -2.52. The van der Waals surface area contributed by atoms with Gasteiger partial charge in [0.25, 0.3) is 0 Å². The monoisotopic (exact) mass is 354 g/mol. The highest BCUT2D eigenvalue weighted by Crippen LogP contribution is 2.48. The third kappa shape index (κ3) is 3.16. The van der Waals surface area contributed by atoms with Crippen molar-refractivity contribution >= 4 is 11.9 Å². The molecule has 2 aliphatic carbocycles. The van der Waals surface area contributed by atoms with E-state index in [1.54, 1.807) is 0 Å². The van der Waals surface area contributed by atoms with Crippen LogP contribution in [0.15, 0.2) is 36.4 Å². The highest BCUT2D eigenvalue weighted by atomic mass is 16.4. The van der Waals surface area contributed by atoms with Gasteiger partial charge in [-0.2, -0.15) is 0 Å². The number of carboxylic acid groups (broad SMARTS) is 1. The quantitative estimate of drug-likeness (QED) is 0.842. The molecule has 26 heavy (non-hydrogen) atoms. The molecule has 2 fully saturated rings. The molecule has 0 spiro atoms. The van der Waals surface area contributed by atoms with Crippen LogP contribution >= 0.6 is 0 Å². The van der Waals surface area contributed by atoms with Gasteiger partial charge >= 0.3 is 5.97 Å². The third-order valence-corrected chi connectivity index (χ3v) is 6.24. The van der Waals surface area contributed by atoms with Gasteiger partial charge in [-0.05, 0) is 30.7 Å². The fraction of sp³-hybridized carbons (Fsp3) is 0.524. The molecular formula is C21H26N2O3. The maximum atomic E-state index is 13.0. The lowest BCUT2D eigenvalue weighted by atomic mass is 9.82. The molecule has 5 heteroatoms. The Morgan fingerprint density at radius 1 is 1.00 bits per heavy atom. The molecule has 4 rings (SSSR count). The highest BCUT2D eigenvalue weighted by molar-refractivity contribution is 5.87. The second kappa shape index (κ2) is 6.88. The van der Waals surface area contributed by atoms with E-state index in [2.05, 4.69) is 42.2 Å². The first-order valence-corrected chi connectivity index (χ1v) is 9.51. The normalized spacial score (nSPS) is 30.7. The minimum Gasteiger partial charge on any atom is -0.481 e. The summed E-state index contributed by atoms with van der Waals surface area (Å²) in [6.45, 7) is 6.05. The van der Waals surface area contributed by atoms with Crippen LogP contribution < -0.4 is 0 Å². The number of carbonyl (C=O) groups excluding carboxylic acids is 1. The van der Waals surface area contributed by atoms with Crippen molar-refractivity contribution in [3.8, 4) is 0 Å². The van der Waals surface area contributed by atoms with Gasteiger partial charge in [0.15, 0.2) is 0 Å². The zero-order valence-electron chi connectivity index (χ0n) is 15.2. The van der Waals surface area contributed by atoms with Crippen LogP contribution in [0.5, 0.6) is 0 Å². The van der Waals surface area contributed by atoms with Gasteiger partial charge in [-0.25, -0.2) is 0 Å². The number of amides is 1. The van der Waals surface area contributed by atoms with Crippen molar-refractivity contribution in [2.75, 3.05) is 26.2 Å². The third-order valence-electron chi connectivity index (χ3n) is 6.24. The van der Waals surface area contributed by atoms with E-state index in [1.807, 2.05) is 11.0 Å². The topological polar surface area (TPSA) is 60.9 Å². The zero-order chi connectivity index (χ0) is 18.3. The molecule has 1 heterocycles. The number of carbonyl (C=O) groups is 2. The van der Waals surface area contributed by atoms with E-state index >= 15 is 0 Å². The Morgan fingerprint density at radius 2 is 1.62 bits per heavy atom. The molecular weight excluding hydrogens is 328 g/mol. The summed E-state index contributed by atoms with van der Waals surface area (Å²) < 4.78 is 0. The van der Waals surface area contributed by atoms with Crippen LogP contribution in [0.1, 0.15) is 17.5 Å². The Kier molecular flexibility index (Phi) is 4.57. The average Bonchev–Trinajstić information content (AvgIpc) is 3.25. The van der Waals surface area contributed by atoms with E-state index in [9.17, 15) is 14.7 Å². The maximum absolute atomic E-state index is 13.0. The van der Waals surface area contributed by atoms with E-state index in [4.69, 9.17) is 0 Å². The largest absolute Gasteiger partial charge is 0.481 e. The number of fused-ring (bicyclic) bond motifs is 2. The summed E-state index contributed by atoms with van der Waals surface area (Å²) in [5.74, 6) is -1.54. The highest BCUT2D eigenvalue weighted by Gasteiger charge is 2.52. The van der Waals surface area contributed by atoms with E-state index < -0.39 is 11.9 Å². The number of piperazine rings is 1. The molecule has 0 radical (unpaired) electrons. The first-order valence-electron chi connectivity index (χ1n) is 9.51. The molecule has 1 aromatic carbocycles. The second-order valence-electron chi connectivity index (χ2n) is 7.93. The first-order chi connectivity index (χ1) is 12.5. The van der Waals surface area contributed by atoms with Crippen molar-refractivity contribution < 1.29 is 14.7 Å². The van der Waals surface area contributed by atoms with E-state index in [0.29, 0.717) is 13.1 Å². The molecule has 5 nitrogen and oxygen atoms in total. The predicted octanol–water partition coefficient (Wildman–Crippen LogP) is 2.16. The number of nitrogens with zero attached hydrogens (tertiary/aromatic N) is 2. The molecule has 1 aromatic rings. The Labute approximate surface area is 154 Å². The van der Waals surface area contributed by atoms with Gasteiger partial charge < -0.3 is 10.0 Å². The van der Waals surface area contributed by atoms with Gasteiger partial charge in [-0.15, -0.1) is 0 Å². The van der Waals surface area contributed by atoms with Crippen molar-refractivity contribution in [3.63, 3.8) is 0 Å².